The van der Waals surface area contributed by atoms with Crippen molar-refractivity contribution in [3.05, 3.63) is 23.8 Å². The van der Waals surface area contributed by atoms with Gasteiger partial charge in [-0.3, -0.25) is 4.79 Å². The highest BCUT2D eigenvalue weighted by atomic mass is 16.3. The molecule has 0 atom stereocenters. The normalized spacial score (nSPS) is 15.3. The molecule has 1 amide bonds. The van der Waals surface area contributed by atoms with E-state index in [0.29, 0.717) is 23.8 Å². The van der Waals surface area contributed by atoms with E-state index in [1.54, 1.807) is 19.2 Å². The largest absolute Gasteiger partial charge is 0.397 e. The monoisotopic (exact) mass is 277 g/mol. The van der Waals surface area contributed by atoms with Crippen molar-refractivity contribution in [2.24, 2.45) is 0 Å². The Bertz CT molecular complexity index is 470. The zero-order chi connectivity index (χ0) is 14.5. The molecule has 2 rings (SSSR count). The average Bonchev–Trinajstić information content (AvgIpc) is 2.99. The van der Waals surface area contributed by atoms with Crippen LogP contribution >= 0.6 is 0 Å². The molecular formula is C15H23N3O2. The van der Waals surface area contributed by atoms with E-state index in [1.165, 1.54) is 12.8 Å². The molecule has 5 nitrogen and oxygen atoms in total. The number of nitrogens with two attached hydrogens (primary N) is 1. The number of hydrogen-bond donors (Lipinski definition) is 3. The summed E-state index contributed by atoms with van der Waals surface area (Å²) in [6.45, 7) is 0.631. The van der Waals surface area contributed by atoms with Crippen molar-refractivity contribution >= 4 is 17.3 Å². The van der Waals surface area contributed by atoms with Gasteiger partial charge in [-0.2, -0.15) is 0 Å². The number of nitrogens with zero attached hydrogens (tertiary/aromatic N) is 1. The summed E-state index contributed by atoms with van der Waals surface area (Å²) in [5.74, 6) is -0.123. The molecular weight excluding hydrogens is 254 g/mol. The molecule has 1 aromatic rings. The van der Waals surface area contributed by atoms with Crippen LogP contribution in [0.25, 0.3) is 0 Å². The first-order valence-corrected chi connectivity index (χ1v) is 7.16. The molecule has 0 unspecified atom stereocenters. The van der Waals surface area contributed by atoms with Crippen molar-refractivity contribution in [3.8, 4) is 0 Å². The minimum atomic E-state index is -0.123. The Balaban J connectivity index is 2.33. The van der Waals surface area contributed by atoms with Crippen LogP contribution in [0, 0.1) is 0 Å². The number of benzene rings is 1. The lowest BCUT2D eigenvalue weighted by molar-refractivity contribution is 0.0963. The second-order valence-corrected chi connectivity index (χ2v) is 5.21. The summed E-state index contributed by atoms with van der Waals surface area (Å²) >= 11 is 0. The number of nitrogens with one attached hydrogen (secondary N) is 1. The number of hydrogen-bond acceptors (Lipinski definition) is 4. The van der Waals surface area contributed by atoms with Crippen LogP contribution in [0.4, 0.5) is 11.4 Å². The predicted molar refractivity (Wildman–Crippen MR) is 80.9 cm³/mol. The summed E-state index contributed by atoms with van der Waals surface area (Å²) in [5, 5.41) is 11.9. The van der Waals surface area contributed by atoms with Crippen LogP contribution in [0.1, 0.15) is 36.0 Å². The van der Waals surface area contributed by atoms with E-state index in [4.69, 9.17) is 5.73 Å². The van der Waals surface area contributed by atoms with E-state index in [9.17, 15) is 9.90 Å². The van der Waals surface area contributed by atoms with E-state index in [2.05, 4.69) is 10.2 Å². The third kappa shape index (κ3) is 3.04. The number of aliphatic hydroxyl groups is 1. The first-order chi connectivity index (χ1) is 9.67. The minimum absolute atomic E-state index is 0.0835. The SMILES string of the molecule is CNC(=O)c1ccc(N)c(N(CCO)C2CCCC2)c1. The number of nitrogen functional groups attached to an aromatic ring is 1. The van der Waals surface area contributed by atoms with E-state index in [1.807, 2.05) is 6.07 Å². The molecule has 0 bridgehead atoms. The van der Waals surface area contributed by atoms with Crippen LogP contribution in [0.5, 0.6) is 0 Å². The Morgan fingerprint density at radius 1 is 1.45 bits per heavy atom. The van der Waals surface area contributed by atoms with E-state index < -0.39 is 0 Å². The zero-order valence-electron chi connectivity index (χ0n) is 11.9. The molecule has 4 N–H and O–H groups in total. The Morgan fingerprint density at radius 2 is 2.15 bits per heavy atom. The van der Waals surface area contributed by atoms with Crippen molar-refractivity contribution in [1.82, 2.24) is 5.32 Å². The lowest BCUT2D eigenvalue weighted by Crippen LogP contribution is -2.36. The number of amides is 1. The summed E-state index contributed by atoms with van der Waals surface area (Å²) in [6, 6.07) is 5.72. The highest BCUT2D eigenvalue weighted by Gasteiger charge is 2.24. The van der Waals surface area contributed by atoms with Gasteiger partial charge in [-0.25, -0.2) is 0 Å². The number of aliphatic hydroxyl groups excluding tert-OH is 1. The lowest BCUT2D eigenvalue weighted by atomic mass is 10.1. The van der Waals surface area contributed by atoms with Gasteiger partial charge in [0.2, 0.25) is 0 Å². The van der Waals surface area contributed by atoms with Gasteiger partial charge in [-0.05, 0) is 31.0 Å². The van der Waals surface area contributed by atoms with Crippen molar-refractivity contribution < 1.29 is 9.90 Å². The standard InChI is InChI=1S/C15H23N3O2/c1-17-15(20)11-6-7-13(16)14(10-11)18(8-9-19)12-4-2-3-5-12/h6-7,10,12,19H,2-5,8-9,16H2,1H3,(H,17,20). The van der Waals surface area contributed by atoms with Gasteiger partial charge in [0.05, 0.1) is 18.0 Å². The molecule has 0 radical (unpaired) electrons. The third-order valence-corrected chi connectivity index (χ3v) is 3.94. The maximum Gasteiger partial charge on any atom is 0.251 e. The summed E-state index contributed by atoms with van der Waals surface area (Å²) in [7, 11) is 1.61. The van der Waals surface area contributed by atoms with Crippen molar-refractivity contribution in [2.75, 3.05) is 30.8 Å². The fourth-order valence-corrected chi connectivity index (χ4v) is 2.90. The number of rotatable bonds is 5. The summed E-state index contributed by atoms with van der Waals surface area (Å²) in [4.78, 5) is 13.9. The Hall–Kier alpha value is -1.75. The fourth-order valence-electron chi connectivity index (χ4n) is 2.90. The second-order valence-electron chi connectivity index (χ2n) is 5.21. The van der Waals surface area contributed by atoms with Gasteiger partial charge in [0, 0.05) is 25.2 Å². The highest BCUT2D eigenvalue weighted by molar-refractivity contribution is 5.96. The first-order valence-electron chi connectivity index (χ1n) is 7.16. The average molecular weight is 277 g/mol. The van der Waals surface area contributed by atoms with Crippen LogP contribution in [-0.2, 0) is 0 Å². The van der Waals surface area contributed by atoms with Crippen LogP contribution in [0.2, 0.25) is 0 Å². The second kappa shape index (κ2) is 6.61. The maximum absolute atomic E-state index is 11.8. The molecule has 1 aromatic carbocycles. The van der Waals surface area contributed by atoms with Gasteiger partial charge in [0.25, 0.3) is 5.91 Å². The molecule has 0 heterocycles. The lowest BCUT2D eigenvalue weighted by Gasteiger charge is -2.31. The minimum Gasteiger partial charge on any atom is -0.397 e. The third-order valence-electron chi connectivity index (χ3n) is 3.94. The van der Waals surface area contributed by atoms with Gasteiger partial charge >= 0.3 is 0 Å². The van der Waals surface area contributed by atoms with Gasteiger partial charge in [-0.1, -0.05) is 12.8 Å². The topological polar surface area (TPSA) is 78.6 Å². The van der Waals surface area contributed by atoms with Crippen LogP contribution < -0.4 is 16.0 Å². The van der Waals surface area contributed by atoms with Gasteiger partial charge in [-0.15, -0.1) is 0 Å². The first kappa shape index (κ1) is 14.7. The van der Waals surface area contributed by atoms with Crippen LogP contribution in [0.3, 0.4) is 0 Å². The summed E-state index contributed by atoms with van der Waals surface area (Å²) in [5.41, 5.74) is 8.17. The summed E-state index contributed by atoms with van der Waals surface area (Å²) < 4.78 is 0. The summed E-state index contributed by atoms with van der Waals surface area (Å²) in [6.07, 6.45) is 4.65. The number of anilines is 2. The molecule has 0 aromatic heterocycles. The molecule has 20 heavy (non-hydrogen) atoms. The molecule has 1 aliphatic carbocycles. The fraction of sp³-hybridized carbons (Fsp3) is 0.533. The maximum atomic E-state index is 11.8. The van der Waals surface area contributed by atoms with Crippen molar-refractivity contribution in [3.63, 3.8) is 0 Å². The molecule has 0 saturated heterocycles. The van der Waals surface area contributed by atoms with Gasteiger partial charge < -0.3 is 21.1 Å². The quantitative estimate of drug-likeness (QED) is 0.710. The Morgan fingerprint density at radius 3 is 2.75 bits per heavy atom. The molecule has 0 spiro atoms. The van der Waals surface area contributed by atoms with Gasteiger partial charge in [0.1, 0.15) is 0 Å². The van der Waals surface area contributed by atoms with E-state index in [0.717, 1.165) is 18.5 Å². The molecule has 1 saturated carbocycles. The molecule has 5 heteroatoms. The Labute approximate surface area is 119 Å². The molecule has 0 aliphatic heterocycles. The molecule has 1 aliphatic rings. The predicted octanol–water partition coefficient (Wildman–Crippen LogP) is 1.37. The Kier molecular flexibility index (Phi) is 4.84. The van der Waals surface area contributed by atoms with Crippen molar-refractivity contribution in [1.29, 1.82) is 0 Å². The number of carbonyl (C=O) groups is 1. The molecule has 110 valence electrons. The smallest absolute Gasteiger partial charge is 0.251 e. The zero-order valence-corrected chi connectivity index (χ0v) is 11.9. The van der Waals surface area contributed by atoms with E-state index in [-0.39, 0.29) is 12.5 Å². The van der Waals surface area contributed by atoms with Crippen LogP contribution in [0.15, 0.2) is 18.2 Å². The van der Waals surface area contributed by atoms with E-state index >= 15 is 0 Å². The van der Waals surface area contributed by atoms with Gasteiger partial charge in [0.15, 0.2) is 0 Å². The van der Waals surface area contributed by atoms with Crippen LogP contribution in [-0.4, -0.2) is 37.3 Å². The molecule has 1 fully saturated rings. The highest BCUT2D eigenvalue weighted by Crippen LogP contribution is 2.32. The number of carbonyl (C=O) groups excluding carboxylic acids is 1. The van der Waals surface area contributed by atoms with Crippen molar-refractivity contribution in [2.45, 2.75) is 31.7 Å².